The van der Waals surface area contributed by atoms with Crippen molar-refractivity contribution in [2.45, 2.75) is 19.4 Å². The van der Waals surface area contributed by atoms with Gasteiger partial charge < -0.3 is 0 Å². The number of aryl methyl sites for hydroxylation is 1. The summed E-state index contributed by atoms with van der Waals surface area (Å²) < 4.78 is 0. The molecule has 2 heterocycles. The van der Waals surface area contributed by atoms with Crippen molar-refractivity contribution in [3.8, 4) is 0 Å². The van der Waals surface area contributed by atoms with Crippen LogP contribution in [0.4, 0.5) is 0 Å². The molecule has 3 aromatic rings. The lowest BCUT2D eigenvalue weighted by Gasteiger charge is -2.39. The van der Waals surface area contributed by atoms with Gasteiger partial charge in [-0.3, -0.25) is 30.2 Å². The SMILES string of the molecule is Cc1csc(CC(=O)NNC(=O)CN2CCN(C(c3ccccc3)c3ccccc3)CC2)n1. The minimum atomic E-state index is -0.268. The number of nitrogens with one attached hydrogen (secondary N) is 2. The van der Waals surface area contributed by atoms with Crippen LogP contribution < -0.4 is 10.9 Å². The molecule has 1 aliphatic heterocycles. The predicted molar refractivity (Wildman–Crippen MR) is 130 cm³/mol. The molecule has 0 atom stereocenters. The zero-order valence-corrected chi connectivity index (χ0v) is 19.6. The van der Waals surface area contributed by atoms with Gasteiger partial charge in [-0.1, -0.05) is 60.7 Å². The summed E-state index contributed by atoms with van der Waals surface area (Å²) in [5, 5.41) is 2.64. The third kappa shape index (κ3) is 6.47. The highest BCUT2D eigenvalue weighted by Gasteiger charge is 2.27. The highest BCUT2D eigenvalue weighted by molar-refractivity contribution is 7.09. The summed E-state index contributed by atoms with van der Waals surface area (Å²) in [6.45, 7) is 5.44. The van der Waals surface area contributed by atoms with E-state index in [0.29, 0.717) is 0 Å². The van der Waals surface area contributed by atoms with E-state index in [0.717, 1.165) is 36.9 Å². The maximum atomic E-state index is 12.3. The third-order valence-corrected chi connectivity index (χ3v) is 6.66. The van der Waals surface area contributed by atoms with E-state index >= 15 is 0 Å². The van der Waals surface area contributed by atoms with Crippen molar-refractivity contribution in [2.24, 2.45) is 0 Å². The van der Waals surface area contributed by atoms with Gasteiger partial charge in [0.2, 0.25) is 5.91 Å². The van der Waals surface area contributed by atoms with E-state index in [-0.39, 0.29) is 30.8 Å². The van der Waals surface area contributed by atoms with Crippen LogP contribution in [0.5, 0.6) is 0 Å². The maximum absolute atomic E-state index is 12.3. The molecular weight excluding hydrogens is 434 g/mol. The Labute approximate surface area is 198 Å². The van der Waals surface area contributed by atoms with Gasteiger partial charge in [-0.25, -0.2) is 4.98 Å². The van der Waals surface area contributed by atoms with Crippen LogP contribution in [0.2, 0.25) is 0 Å². The monoisotopic (exact) mass is 463 g/mol. The summed E-state index contributed by atoms with van der Waals surface area (Å²) >= 11 is 1.44. The summed E-state index contributed by atoms with van der Waals surface area (Å²) in [7, 11) is 0. The number of amides is 2. The molecule has 1 aromatic heterocycles. The van der Waals surface area contributed by atoms with Gasteiger partial charge in [0.05, 0.1) is 19.0 Å². The first-order valence-corrected chi connectivity index (χ1v) is 12.0. The molecule has 0 saturated carbocycles. The van der Waals surface area contributed by atoms with Crippen molar-refractivity contribution in [1.82, 2.24) is 25.6 Å². The number of carbonyl (C=O) groups is 2. The standard InChI is InChI=1S/C25H29N5O2S/c1-19-18-33-24(26-19)16-22(31)27-28-23(32)17-29-12-14-30(15-13-29)25(20-8-4-2-5-9-20)21-10-6-3-7-11-21/h2-11,18,25H,12-17H2,1H3,(H,27,31)(H,28,32). The molecule has 0 radical (unpaired) electrons. The molecule has 0 aliphatic carbocycles. The molecule has 172 valence electrons. The number of hydrogen-bond donors (Lipinski definition) is 2. The molecule has 7 nitrogen and oxygen atoms in total. The Hall–Kier alpha value is -3.07. The average Bonchev–Trinajstić information content (AvgIpc) is 3.25. The summed E-state index contributed by atoms with van der Waals surface area (Å²) in [5.74, 6) is -0.481. The number of carbonyl (C=O) groups excluding carboxylic acids is 2. The van der Waals surface area contributed by atoms with Crippen molar-refractivity contribution in [1.29, 1.82) is 0 Å². The molecule has 33 heavy (non-hydrogen) atoms. The Bertz CT molecular complexity index is 1010. The van der Waals surface area contributed by atoms with Crippen molar-refractivity contribution < 1.29 is 9.59 Å². The number of piperazine rings is 1. The van der Waals surface area contributed by atoms with Crippen LogP contribution >= 0.6 is 11.3 Å². The largest absolute Gasteiger partial charge is 0.292 e. The number of aromatic nitrogens is 1. The summed E-state index contributed by atoms with van der Waals surface area (Å²) in [4.78, 5) is 33.2. The molecule has 8 heteroatoms. The average molecular weight is 464 g/mol. The molecule has 4 rings (SSSR count). The van der Waals surface area contributed by atoms with Gasteiger partial charge in [0, 0.05) is 37.3 Å². The molecule has 0 bridgehead atoms. The lowest BCUT2D eigenvalue weighted by atomic mass is 9.96. The second kappa shape index (κ2) is 11.2. The number of hydrazine groups is 1. The van der Waals surface area contributed by atoms with E-state index in [4.69, 9.17) is 0 Å². The van der Waals surface area contributed by atoms with Gasteiger partial charge in [-0.15, -0.1) is 11.3 Å². The van der Waals surface area contributed by atoms with Crippen LogP contribution in [0, 0.1) is 6.92 Å². The van der Waals surface area contributed by atoms with E-state index in [1.165, 1.54) is 22.5 Å². The zero-order chi connectivity index (χ0) is 23.0. The Kier molecular flexibility index (Phi) is 7.83. The topological polar surface area (TPSA) is 77.6 Å². The smallest absolute Gasteiger partial charge is 0.252 e. The van der Waals surface area contributed by atoms with Crippen LogP contribution in [0.1, 0.15) is 27.9 Å². The Morgan fingerprint density at radius 1 is 0.909 bits per heavy atom. The normalized spacial score (nSPS) is 14.8. The Morgan fingerprint density at radius 2 is 1.48 bits per heavy atom. The van der Waals surface area contributed by atoms with Gasteiger partial charge >= 0.3 is 0 Å². The van der Waals surface area contributed by atoms with E-state index < -0.39 is 0 Å². The number of hydrogen-bond acceptors (Lipinski definition) is 6. The number of benzene rings is 2. The molecule has 1 fully saturated rings. The van der Waals surface area contributed by atoms with Crippen molar-refractivity contribution in [2.75, 3.05) is 32.7 Å². The van der Waals surface area contributed by atoms with E-state index in [1.807, 2.05) is 24.4 Å². The minimum absolute atomic E-state index is 0.165. The molecule has 1 saturated heterocycles. The van der Waals surface area contributed by atoms with Crippen LogP contribution in [0.15, 0.2) is 66.0 Å². The molecule has 2 amide bonds. The minimum Gasteiger partial charge on any atom is -0.292 e. The van der Waals surface area contributed by atoms with Crippen molar-refractivity contribution in [3.63, 3.8) is 0 Å². The molecule has 0 spiro atoms. The zero-order valence-electron chi connectivity index (χ0n) is 18.7. The summed E-state index contributed by atoms with van der Waals surface area (Å²) in [6.07, 6.45) is 0.165. The second-order valence-electron chi connectivity index (χ2n) is 8.19. The summed E-state index contributed by atoms with van der Waals surface area (Å²) in [6, 6.07) is 21.3. The predicted octanol–water partition coefficient (Wildman–Crippen LogP) is 2.55. The highest BCUT2D eigenvalue weighted by Crippen LogP contribution is 2.29. The van der Waals surface area contributed by atoms with Gasteiger partial charge in [-0.05, 0) is 18.1 Å². The fourth-order valence-electron chi connectivity index (χ4n) is 4.11. The molecule has 2 aromatic carbocycles. The van der Waals surface area contributed by atoms with Gasteiger partial charge in [0.15, 0.2) is 0 Å². The van der Waals surface area contributed by atoms with Crippen LogP contribution in [-0.2, 0) is 16.0 Å². The maximum Gasteiger partial charge on any atom is 0.252 e. The van der Waals surface area contributed by atoms with Gasteiger partial charge in [0.25, 0.3) is 5.91 Å². The van der Waals surface area contributed by atoms with Gasteiger partial charge in [0.1, 0.15) is 5.01 Å². The van der Waals surface area contributed by atoms with Crippen LogP contribution in [-0.4, -0.2) is 59.3 Å². The Balaban J connectivity index is 1.27. The molecule has 1 aliphatic rings. The van der Waals surface area contributed by atoms with Gasteiger partial charge in [-0.2, -0.15) is 0 Å². The highest BCUT2D eigenvalue weighted by atomic mass is 32.1. The number of rotatable bonds is 7. The fourth-order valence-corrected chi connectivity index (χ4v) is 4.88. The van der Waals surface area contributed by atoms with Crippen molar-refractivity contribution in [3.05, 3.63) is 87.9 Å². The van der Waals surface area contributed by atoms with Crippen LogP contribution in [0.25, 0.3) is 0 Å². The first-order valence-electron chi connectivity index (χ1n) is 11.1. The first-order chi connectivity index (χ1) is 16.1. The lowest BCUT2D eigenvalue weighted by Crippen LogP contribution is -2.52. The number of thiazole rings is 1. The van der Waals surface area contributed by atoms with E-state index in [2.05, 4.69) is 74.2 Å². The molecule has 2 N–H and O–H groups in total. The quantitative estimate of drug-likeness (QED) is 0.527. The van der Waals surface area contributed by atoms with E-state index in [9.17, 15) is 9.59 Å². The van der Waals surface area contributed by atoms with Crippen molar-refractivity contribution >= 4 is 23.2 Å². The molecular formula is C25H29N5O2S. The summed E-state index contributed by atoms with van der Waals surface area (Å²) in [5.41, 5.74) is 8.46. The van der Waals surface area contributed by atoms with Crippen LogP contribution in [0.3, 0.4) is 0 Å². The first kappa shape index (κ1) is 23.1. The third-order valence-electron chi connectivity index (χ3n) is 5.69. The van der Waals surface area contributed by atoms with E-state index in [1.54, 1.807) is 0 Å². The lowest BCUT2D eigenvalue weighted by molar-refractivity contribution is -0.129. The molecule has 0 unspecified atom stereocenters. The number of nitrogens with zero attached hydrogens (tertiary/aromatic N) is 3. The fraction of sp³-hybridized carbons (Fsp3) is 0.320. The Morgan fingerprint density at radius 3 is 2.03 bits per heavy atom. The second-order valence-corrected chi connectivity index (χ2v) is 9.13.